The number of halogens is 3. The third-order valence-electron chi connectivity index (χ3n) is 3.24. The Balaban J connectivity index is 2.28. The van der Waals surface area contributed by atoms with E-state index in [0.29, 0.717) is 16.6 Å². The largest absolute Gasteiger partial charge is 0.308 e. The van der Waals surface area contributed by atoms with E-state index in [2.05, 4.69) is 38.5 Å². The molecule has 1 unspecified atom stereocenters. The first-order valence-electron chi connectivity index (χ1n) is 6.75. The van der Waals surface area contributed by atoms with Crippen LogP contribution in [0.3, 0.4) is 0 Å². The highest BCUT2D eigenvalue weighted by molar-refractivity contribution is 9.10. The number of rotatable bonds is 6. The van der Waals surface area contributed by atoms with E-state index in [1.165, 1.54) is 12.1 Å². The van der Waals surface area contributed by atoms with Crippen molar-refractivity contribution < 1.29 is 8.78 Å². The van der Waals surface area contributed by atoms with E-state index in [9.17, 15) is 8.78 Å². The monoisotopic (exact) mass is 358 g/mol. The first-order valence-corrected chi connectivity index (χ1v) is 7.54. The van der Waals surface area contributed by atoms with Crippen LogP contribution in [-0.4, -0.2) is 21.5 Å². The Morgan fingerprint density at radius 2 is 2.14 bits per heavy atom. The third kappa shape index (κ3) is 3.85. The first-order chi connectivity index (χ1) is 10.0. The van der Waals surface area contributed by atoms with Crippen molar-refractivity contribution in [3.8, 4) is 0 Å². The quantitative estimate of drug-likeness (QED) is 0.862. The van der Waals surface area contributed by atoms with Crippen LogP contribution in [0.25, 0.3) is 0 Å². The number of aryl methyl sites for hydroxylation is 1. The predicted octanol–water partition coefficient (Wildman–Crippen LogP) is 3.14. The van der Waals surface area contributed by atoms with Gasteiger partial charge in [-0.3, -0.25) is 0 Å². The Labute approximate surface area is 130 Å². The lowest BCUT2D eigenvalue weighted by Crippen LogP contribution is -2.26. The van der Waals surface area contributed by atoms with Gasteiger partial charge in [0.15, 0.2) is 4.60 Å². The van der Waals surface area contributed by atoms with Gasteiger partial charge in [-0.15, -0.1) is 5.10 Å². The van der Waals surface area contributed by atoms with Crippen LogP contribution in [0.15, 0.2) is 22.8 Å². The van der Waals surface area contributed by atoms with Gasteiger partial charge in [0.25, 0.3) is 0 Å². The minimum Gasteiger partial charge on any atom is -0.308 e. The second-order valence-corrected chi connectivity index (χ2v) is 5.59. The van der Waals surface area contributed by atoms with Gasteiger partial charge < -0.3 is 5.32 Å². The van der Waals surface area contributed by atoms with Gasteiger partial charge in [0.1, 0.15) is 11.6 Å². The lowest BCUT2D eigenvalue weighted by Gasteiger charge is -2.19. The molecule has 1 aromatic carbocycles. The summed E-state index contributed by atoms with van der Waals surface area (Å²) >= 11 is 3.36. The molecule has 21 heavy (non-hydrogen) atoms. The summed E-state index contributed by atoms with van der Waals surface area (Å²) in [4.78, 5) is 0. The van der Waals surface area contributed by atoms with Gasteiger partial charge in [0.2, 0.25) is 0 Å². The summed E-state index contributed by atoms with van der Waals surface area (Å²) < 4.78 is 29.1. The van der Waals surface area contributed by atoms with Crippen molar-refractivity contribution in [1.29, 1.82) is 0 Å². The summed E-state index contributed by atoms with van der Waals surface area (Å²) in [7, 11) is 1.79. The van der Waals surface area contributed by atoms with E-state index >= 15 is 0 Å². The van der Waals surface area contributed by atoms with Crippen LogP contribution >= 0.6 is 15.9 Å². The Hall–Kier alpha value is -1.34. The van der Waals surface area contributed by atoms with Gasteiger partial charge in [0, 0.05) is 13.1 Å². The first kappa shape index (κ1) is 16.0. The fourth-order valence-electron chi connectivity index (χ4n) is 2.20. The Morgan fingerprint density at radius 3 is 2.71 bits per heavy atom. The molecule has 0 saturated carbocycles. The van der Waals surface area contributed by atoms with Crippen LogP contribution in [0.1, 0.15) is 30.6 Å². The van der Waals surface area contributed by atoms with Crippen molar-refractivity contribution in [3.05, 3.63) is 45.7 Å². The Morgan fingerprint density at radius 1 is 1.38 bits per heavy atom. The number of hydrogen-bond donors (Lipinski definition) is 1. The van der Waals surface area contributed by atoms with Gasteiger partial charge in [-0.2, -0.15) is 0 Å². The molecule has 2 aromatic rings. The van der Waals surface area contributed by atoms with E-state index in [-0.39, 0.29) is 6.04 Å². The maximum Gasteiger partial charge on any atom is 0.153 e. The third-order valence-corrected chi connectivity index (χ3v) is 3.80. The molecule has 0 aliphatic heterocycles. The smallest absolute Gasteiger partial charge is 0.153 e. The van der Waals surface area contributed by atoms with Gasteiger partial charge >= 0.3 is 0 Å². The van der Waals surface area contributed by atoms with Crippen molar-refractivity contribution in [2.45, 2.75) is 25.8 Å². The molecule has 1 atom stereocenters. The van der Waals surface area contributed by atoms with Crippen LogP contribution < -0.4 is 5.32 Å². The van der Waals surface area contributed by atoms with Gasteiger partial charge in [0.05, 0.1) is 11.7 Å². The fourth-order valence-corrected chi connectivity index (χ4v) is 2.80. The minimum atomic E-state index is -0.572. The number of nitrogens with zero attached hydrogens (tertiary/aromatic N) is 3. The van der Waals surface area contributed by atoms with Gasteiger partial charge in [-0.1, -0.05) is 18.2 Å². The molecule has 0 aliphatic carbocycles. The second kappa shape index (κ2) is 7.09. The second-order valence-electron chi connectivity index (χ2n) is 4.84. The van der Waals surface area contributed by atoms with Crippen molar-refractivity contribution in [3.63, 3.8) is 0 Å². The van der Waals surface area contributed by atoms with Crippen LogP contribution in [-0.2, 0) is 13.5 Å². The fraction of sp³-hybridized carbons (Fsp3) is 0.429. The number of nitrogens with one attached hydrogen (secondary N) is 1. The zero-order chi connectivity index (χ0) is 15.4. The molecule has 1 heterocycles. The molecular weight excluding hydrogens is 342 g/mol. The van der Waals surface area contributed by atoms with Crippen LogP contribution in [0, 0.1) is 11.6 Å². The SMILES string of the molecule is CCCNC(Cc1ccc(F)cc1F)c1c(Br)nnn1C. The number of hydrogen-bond acceptors (Lipinski definition) is 3. The maximum atomic E-state index is 13.9. The van der Waals surface area contributed by atoms with E-state index < -0.39 is 11.6 Å². The highest BCUT2D eigenvalue weighted by Gasteiger charge is 2.21. The number of benzene rings is 1. The molecule has 4 nitrogen and oxygen atoms in total. The predicted molar refractivity (Wildman–Crippen MR) is 79.8 cm³/mol. The Bertz CT molecular complexity index is 596. The summed E-state index contributed by atoms with van der Waals surface area (Å²) in [6.07, 6.45) is 1.34. The van der Waals surface area contributed by atoms with Gasteiger partial charge in [-0.25, -0.2) is 13.5 Å². The zero-order valence-corrected chi connectivity index (χ0v) is 13.5. The van der Waals surface area contributed by atoms with Crippen LogP contribution in [0.2, 0.25) is 0 Å². The molecule has 114 valence electrons. The van der Waals surface area contributed by atoms with E-state index in [1.54, 1.807) is 11.7 Å². The maximum absolute atomic E-state index is 13.9. The summed E-state index contributed by atoms with van der Waals surface area (Å²) in [6, 6.07) is 3.50. The standard InChI is InChI=1S/C14H17BrF2N4/c1-3-6-18-12(13-14(15)19-20-21(13)2)7-9-4-5-10(16)8-11(9)17/h4-5,8,12,18H,3,6-7H2,1-2H3. The molecule has 0 radical (unpaired) electrons. The molecule has 0 bridgehead atoms. The Kier molecular flexibility index (Phi) is 5.41. The summed E-state index contributed by atoms with van der Waals surface area (Å²) in [5, 5.41) is 11.3. The lowest BCUT2D eigenvalue weighted by molar-refractivity contribution is 0.478. The summed E-state index contributed by atoms with van der Waals surface area (Å²) in [5.41, 5.74) is 1.30. The minimum absolute atomic E-state index is 0.153. The molecule has 0 saturated heterocycles. The molecule has 1 aromatic heterocycles. The highest BCUT2D eigenvalue weighted by Crippen LogP contribution is 2.25. The number of aromatic nitrogens is 3. The van der Waals surface area contributed by atoms with Crippen molar-refractivity contribution in [2.24, 2.45) is 7.05 Å². The molecule has 1 N–H and O–H groups in total. The molecule has 0 aliphatic rings. The molecule has 2 rings (SSSR count). The van der Waals surface area contributed by atoms with E-state index in [0.717, 1.165) is 24.7 Å². The van der Waals surface area contributed by atoms with Crippen LogP contribution in [0.5, 0.6) is 0 Å². The van der Waals surface area contributed by atoms with Crippen molar-refractivity contribution >= 4 is 15.9 Å². The summed E-state index contributed by atoms with van der Waals surface area (Å²) in [6.45, 7) is 2.84. The van der Waals surface area contributed by atoms with E-state index in [4.69, 9.17) is 0 Å². The van der Waals surface area contributed by atoms with E-state index in [1.807, 2.05) is 0 Å². The van der Waals surface area contributed by atoms with Crippen molar-refractivity contribution in [2.75, 3.05) is 6.54 Å². The molecule has 0 spiro atoms. The molecule has 0 amide bonds. The molecule has 7 heteroatoms. The molecular formula is C14H17BrF2N4. The van der Waals surface area contributed by atoms with Gasteiger partial charge in [-0.05, 0) is 46.9 Å². The van der Waals surface area contributed by atoms with Crippen molar-refractivity contribution in [1.82, 2.24) is 20.3 Å². The zero-order valence-electron chi connectivity index (χ0n) is 11.9. The lowest BCUT2D eigenvalue weighted by atomic mass is 10.0. The average molecular weight is 359 g/mol. The van der Waals surface area contributed by atoms with Crippen LogP contribution in [0.4, 0.5) is 8.78 Å². The summed E-state index contributed by atoms with van der Waals surface area (Å²) in [5.74, 6) is -1.11. The highest BCUT2D eigenvalue weighted by atomic mass is 79.9. The average Bonchev–Trinajstić information content (AvgIpc) is 2.77. The normalized spacial score (nSPS) is 12.6. The topological polar surface area (TPSA) is 42.7 Å². The molecule has 0 fully saturated rings.